The molecule has 6 heteroatoms. The normalized spacial score (nSPS) is 16.4. The zero-order valence-corrected chi connectivity index (χ0v) is 14.6. The maximum absolute atomic E-state index is 12.7. The average molecular weight is 352 g/mol. The Morgan fingerprint density at radius 1 is 1.29 bits per heavy atom. The highest BCUT2D eigenvalue weighted by Gasteiger charge is 2.27. The van der Waals surface area contributed by atoms with Crippen molar-refractivity contribution in [2.75, 3.05) is 31.6 Å². The van der Waals surface area contributed by atoms with Gasteiger partial charge in [0, 0.05) is 18.2 Å². The summed E-state index contributed by atoms with van der Waals surface area (Å²) in [6, 6.07) is 5.36. The second-order valence-electron chi connectivity index (χ2n) is 5.26. The van der Waals surface area contributed by atoms with Gasteiger partial charge in [0.1, 0.15) is 0 Å². The molecule has 0 bridgehead atoms. The molecule has 2 rings (SSSR count). The average Bonchev–Trinajstić information content (AvgIpc) is 2.44. The summed E-state index contributed by atoms with van der Waals surface area (Å²) >= 11 is 12.0. The first-order valence-electron chi connectivity index (χ1n) is 6.98. The van der Waals surface area contributed by atoms with E-state index in [2.05, 4.69) is 11.9 Å². The van der Waals surface area contributed by atoms with Crippen LogP contribution >= 0.6 is 35.6 Å². The molecule has 3 nitrogen and oxygen atoms in total. The lowest BCUT2D eigenvalue weighted by molar-refractivity contribution is -0.123. The maximum Gasteiger partial charge on any atom is 0.230 e. The van der Waals surface area contributed by atoms with Gasteiger partial charge in [-0.2, -0.15) is 0 Å². The summed E-state index contributed by atoms with van der Waals surface area (Å²) in [5.74, 6) is 0.305. The van der Waals surface area contributed by atoms with Gasteiger partial charge in [-0.25, -0.2) is 0 Å². The number of amides is 1. The Morgan fingerprint density at radius 2 is 1.90 bits per heavy atom. The van der Waals surface area contributed by atoms with Crippen LogP contribution in [0.1, 0.15) is 19.8 Å². The monoisotopic (exact) mass is 350 g/mol. The molecule has 0 aliphatic carbocycles. The molecule has 0 aromatic heterocycles. The van der Waals surface area contributed by atoms with Crippen molar-refractivity contribution in [1.29, 1.82) is 0 Å². The number of carbonyl (C=O) groups excluding carboxylic acids is 1. The van der Waals surface area contributed by atoms with E-state index in [-0.39, 0.29) is 24.2 Å². The number of carbonyl (C=O) groups is 1. The van der Waals surface area contributed by atoms with Gasteiger partial charge in [-0.05, 0) is 58.1 Å². The number of benzene rings is 1. The Morgan fingerprint density at radius 3 is 2.43 bits per heavy atom. The largest absolute Gasteiger partial charge is 0.312 e. The SMILES string of the molecule is CCN(C(=O)C1CCN(C)CC1)c1ccc(Cl)c(Cl)c1.Cl. The predicted octanol–water partition coefficient (Wildman–Crippen LogP) is 4.11. The quantitative estimate of drug-likeness (QED) is 0.818. The number of anilines is 1. The van der Waals surface area contributed by atoms with Gasteiger partial charge in [0.2, 0.25) is 5.91 Å². The molecule has 0 spiro atoms. The number of likely N-dealkylation sites (tertiary alicyclic amines) is 1. The van der Waals surface area contributed by atoms with E-state index in [4.69, 9.17) is 23.2 Å². The van der Waals surface area contributed by atoms with Gasteiger partial charge in [-0.3, -0.25) is 4.79 Å². The number of rotatable bonds is 3. The molecule has 118 valence electrons. The van der Waals surface area contributed by atoms with Crippen molar-refractivity contribution in [3.63, 3.8) is 0 Å². The molecule has 0 unspecified atom stereocenters. The molecule has 1 aliphatic heterocycles. The summed E-state index contributed by atoms with van der Waals surface area (Å²) in [7, 11) is 2.09. The molecule has 1 amide bonds. The van der Waals surface area contributed by atoms with Gasteiger partial charge in [-0.15, -0.1) is 12.4 Å². The highest BCUT2D eigenvalue weighted by atomic mass is 35.5. The fourth-order valence-corrected chi connectivity index (χ4v) is 2.89. The van der Waals surface area contributed by atoms with E-state index in [0.717, 1.165) is 31.6 Å². The van der Waals surface area contributed by atoms with Crippen molar-refractivity contribution in [3.8, 4) is 0 Å². The van der Waals surface area contributed by atoms with Crippen molar-refractivity contribution in [2.24, 2.45) is 5.92 Å². The Kier molecular flexibility index (Phi) is 7.28. The van der Waals surface area contributed by atoms with E-state index < -0.39 is 0 Å². The molecule has 1 aromatic carbocycles. The number of halogens is 3. The number of piperidine rings is 1. The first-order valence-corrected chi connectivity index (χ1v) is 7.73. The van der Waals surface area contributed by atoms with Crippen LogP contribution in [0.15, 0.2) is 18.2 Å². The van der Waals surface area contributed by atoms with Gasteiger partial charge in [0.15, 0.2) is 0 Å². The van der Waals surface area contributed by atoms with Crippen molar-refractivity contribution in [1.82, 2.24) is 4.90 Å². The minimum absolute atomic E-state index is 0. The van der Waals surface area contributed by atoms with Crippen LogP contribution in [-0.4, -0.2) is 37.5 Å². The van der Waals surface area contributed by atoms with Crippen LogP contribution in [0.3, 0.4) is 0 Å². The predicted molar refractivity (Wildman–Crippen MR) is 92.0 cm³/mol. The van der Waals surface area contributed by atoms with Crippen LogP contribution in [0.2, 0.25) is 10.0 Å². The third-order valence-corrected chi connectivity index (χ3v) is 4.60. The number of nitrogens with zero attached hydrogens (tertiary/aromatic N) is 2. The standard InChI is InChI=1S/C15H20Cl2N2O.ClH/c1-3-19(12-4-5-13(16)14(17)10-12)15(20)11-6-8-18(2)9-7-11;/h4-5,10-11H,3,6-9H2,1-2H3;1H. The van der Waals surface area contributed by atoms with Gasteiger partial charge >= 0.3 is 0 Å². The number of hydrogen-bond acceptors (Lipinski definition) is 2. The maximum atomic E-state index is 12.7. The van der Waals surface area contributed by atoms with Crippen LogP contribution in [0.4, 0.5) is 5.69 Å². The van der Waals surface area contributed by atoms with E-state index >= 15 is 0 Å². The molecular formula is C15H21Cl3N2O. The second kappa shape index (κ2) is 8.23. The lowest BCUT2D eigenvalue weighted by atomic mass is 9.95. The van der Waals surface area contributed by atoms with Gasteiger partial charge < -0.3 is 9.80 Å². The summed E-state index contributed by atoms with van der Waals surface area (Å²) in [5, 5.41) is 0.997. The van der Waals surface area contributed by atoms with Crippen molar-refractivity contribution in [2.45, 2.75) is 19.8 Å². The lowest BCUT2D eigenvalue weighted by Gasteiger charge is -2.32. The van der Waals surface area contributed by atoms with Crippen LogP contribution in [0.5, 0.6) is 0 Å². The highest BCUT2D eigenvalue weighted by Crippen LogP contribution is 2.29. The summed E-state index contributed by atoms with van der Waals surface area (Å²) in [5.41, 5.74) is 0.825. The molecular weight excluding hydrogens is 331 g/mol. The number of hydrogen-bond donors (Lipinski definition) is 0. The van der Waals surface area contributed by atoms with Gasteiger partial charge in [0.05, 0.1) is 10.0 Å². The van der Waals surface area contributed by atoms with Crippen molar-refractivity contribution in [3.05, 3.63) is 28.2 Å². The van der Waals surface area contributed by atoms with Crippen molar-refractivity contribution < 1.29 is 4.79 Å². The Hall–Kier alpha value is -0.480. The Labute approximate surface area is 142 Å². The molecule has 0 N–H and O–H groups in total. The summed E-state index contributed by atoms with van der Waals surface area (Å²) in [4.78, 5) is 16.7. The van der Waals surface area contributed by atoms with E-state index in [0.29, 0.717) is 16.6 Å². The molecule has 0 saturated carbocycles. The first kappa shape index (κ1) is 18.6. The fourth-order valence-electron chi connectivity index (χ4n) is 2.59. The van der Waals surface area contributed by atoms with Crippen LogP contribution in [0, 0.1) is 5.92 Å². The van der Waals surface area contributed by atoms with E-state index in [1.165, 1.54) is 0 Å². The van der Waals surface area contributed by atoms with Crippen LogP contribution in [0.25, 0.3) is 0 Å². The zero-order chi connectivity index (χ0) is 14.7. The Bertz CT molecular complexity index is 488. The molecule has 21 heavy (non-hydrogen) atoms. The van der Waals surface area contributed by atoms with Crippen molar-refractivity contribution >= 4 is 47.2 Å². The van der Waals surface area contributed by atoms with Gasteiger partial charge in [0.25, 0.3) is 0 Å². The molecule has 1 aliphatic rings. The lowest BCUT2D eigenvalue weighted by Crippen LogP contribution is -2.41. The Balaban J connectivity index is 0.00000220. The molecule has 1 fully saturated rings. The highest BCUT2D eigenvalue weighted by molar-refractivity contribution is 6.42. The third kappa shape index (κ3) is 4.49. The molecule has 1 aromatic rings. The molecule has 1 saturated heterocycles. The van der Waals surface area contributed by atoms with E-state index in [9.17, 15) is 4.79 Å². The molecule has 1 heterocycles. The fraction of sp³-hybridized carbons (Fsp3) is 0.533. The van der Waals surface area contributed by atoms with Crippen LogP contribution in [-0.2, 0) is 4.79 Å². The summed E-state index contributed by atoms with van der Waals surface area (Å²) < 4.78 is 0. The zero-order valence-electron chi connectivity index (χ0n) is 12.3. The smallest absolute Gasteiger partial charge is 0.230 e. The topological polar surface area (TPSA) is 23.6 Å². The summed E-state index contributed by atoms with van der Waals surface area (Å²) in [6.07, 6.45) is 1.85. The molecule has 0 atom stereocenters. The van der Waals surface area contributed by atoms with Gasteiger partial charge in [-0.1, -0.05) is 23.2 Å². The minimum Gasteiger partial charge on any atom is -0.312 e. The van der Waals surface area contributed by atoms with E-state index in [1.54, 1.807) is 17.0 Å². The van der Waals surface area contributed by atoms with E-state index in [1.807, 2.05) is 13.0 Å². The van der Waals surface area contributed by atoms with Crippen LogP contribution < -0.4 is 4.90 Å². The summed E-state index contributed by atoms with van der Waals surface area (Å²) in [6.45, 7) is 4.59. The first-order chi connectivity index (χ1) is 9.52. The molecule has 0 radical (unpaired) electrons. The third-order valence-electron chi connectivity index (χ3n) is 3.86. The minimum atomic E-state index is 0. The second-order valence-corrected chi connectivity index (χ2v) is 6.07.